The number of aromatic hydroxyl groups is 1. The Hall–Kier alpha value is -1.60. The number of phenolic OH excluding ortho intramolecular Hbond substituents is 1. The van der Waals surface area contributed by atoms with Gasteiger partial charge in [0.15, 0.2) is 5.25 Å². The molecule has 0 radical (unpaired) electrons. The number of amides is 1. The van der Waals surface area contributed by atoms with Gasteiger partial charge in [0.1, 0.15) is 5.75 Å². The lowest BCUT2D eigenvalue weighted by atomic mass is 9.89. The third kappa shape index (κ3) is 3.24. The van der Waals surface area contributed by atoms with Crippen LogP contribution in [0.5, 0.6) is 5.75 Å². The van der Waals surface area contributed by atoms with E-state index in [9.17, 15) is 22.9 Å². The molecule has 0 saturated heterocycles. The van der Waals surface area contributed by atoms with E-state index >= 15 is 0 Å². The first-order valence-electron chi connectivity index (χ1n) is 5.74. The molecule has 0 aliphatic carbocycles. The Balaban J connectivity index is 3.41. The number of nitrogens with two attached hydrogens (primary N) is 1. The normalized spacial score (nSPS) is 14.9. The van der Waals surface area contributed by atoms with E-state index in [0.717, 1.165) is 0 Å². The summed E-state index contributed by atoms with van der Waals surface area (Å²) in [6.07, 6.45) is 0.275. The molecule has 6 nitrogen and oxygen atoms in total. The van der Waals surface area contributed by atoms with Crippen LogP contribution in [-0.4, -0.2) is 29.2 Å². The van der Waals surface area contributed by atoms with Gasteiger partial charge in [0, 0.05) is 5.92 Å². The molecule has 0 aromatic heterocycles. The highest BCUT2D eigenvalue weighted by molar-refractivity contribution is 7.87. The summed E-state index contributed by atoms with van der Waals surface area (Å²) in [6, 6.07) is 4.60. The molecule has 1 rings (SSSR count). The van der Waals surface area contributed by atoms with E-state index < -0.39 is 27.2 Å². The summed E-state index contributed by atoms with van der Waals surface area (Å²) in [7, 11) is -4.61. The Morgan fingerprint density at radius 3 is 2.42 bits per heavy atom. The first kappa shape index (κ1) is 15.5. The zero-order chi connectivity index (χ0) is 14.8. The Bertz CT molecular complexity index is 582. The molecule has 1 aromatic carbocycles. The van der Waals surface area contributed by atoms with Gasteiger partial charge in [-0.3, -0.25) is 9.35 Å². The summed E-state index contributed by atoms with van der Waals surface area (Å²) in [5.41, 5.74) is 6.02. The summed E-state index contributed by atoms with van der Waals surface area (Å²) in [5.74, 6) is -1.92. The number of hydrogen-bond donors (Lipinski definition) is 3. The van der Waals surface area contributed by atoms with Crippen LogP contribution >= 0.6 is 0 Å². The van der Waals surface area contributed by atoms with Crippen LogP contribution in [0.15, 0.2) is 18.2 Å². The molecule has 1 amide bonds. The van der Waals surface area contributed by atoms with Crippen molar-refractivity contribution < 1.29 is 22.9 Å². The standard InChI is InChI=1S/C12H17NO5S/c1-3-8(11(12(13)15)19(16,17)18)9-5-4-6-10(14)7(9)2/h4-6,8,11,14H,3H2,1-2H3,(H2,13,15)(H,16,17,18). The monoisotopic (exact) mass is 287 g/mol. The van der Waals surface area contributed by atoms with E-state index in [1.54, 1.807) is 26.0 Å². The fourth-order valence-electron chi connectivity index (χ4n) is 2.19. The third-order valence-electron chi connectivity index (χ3n) is 3.15. The van der Waals surface area contributed by atoms with Gasteiger partial charge in [-0.2, -0.15) is 8.42 Å². The summed E-state index contributed by atoms with van der Waals surface area (Å²) in [6.45, 7) is 3.28. The molecule has 2 unspecified atom stereocenters. The van der Waals surface area contributed by atoms with Crippen molar-refractivity contribution in [2.24, 2.45) is 5.73 Å². The van der Waals surface area contributed by atoms with Gasteiger partial charge in [-0.25, -0.2) is 0 Å². The van der Waals surface area contributed by atoms with Crippen molar-refractivity contribution in [3.63, 3.8) is 0 Å². The fourth-order valence-corrected chi connectivity index (χ4v) is 3.24. The summed E-state index contributed by atoms with van der Waals surface area (Å²) < 4.78 is 31.8. The molecule has 7 heteroatoms. The highest BCUT2D eigenvalue weighted by atomic mass is 32.2. The molecule has 0 aliphatic rings. The van der Waals surface area contributed by atoms with Crippen LogP contribution in [0.2, 0.25) is 0 Å². The van der Waals surface area contributed by atoms with E-state index in [2.05, 4.69) is 0 Å². The number of carbonyl (C=O) groups excluding carboxylic acids is 1. The first-order valence-corrected chi connectivity index (χ1v) is 7.24. The fraction of sp³-hybridized carbons (Fsp3) is 0.417. The molecule has 0 aliphatic heterocycles. The minimum Gasteiger partial charge on any atom is -0.508 e. The van der Waals surface area contributed by atoms with Crippen LogP contribution in [0, 0.1) is 6.92 Å². The van der Waals surface area contributed by atoms with Crippen molar-refractivity contribution in [1.29, 1.82) is 0 Å². The van der Waals surface area contributed by atoms with Crippen molar-refractivity contribution >= 4 is 16.0 Å². The lowest BCUT2D eigenvalue weighted by molar-refractivity contribution is -0.118. The largest absolute Gasteiger partial charge is 0.508 e. The average molecular weight is 287 g/mol. The summed E-state index contributed by atoms with van der Waals surface area (Å²) in [4.78, 5) is 11.3. The number of primary amides is 1. The van der Waals surface area contributed by atoms with E-state index in [-0.39, 0.29) is 12.2 Å². The number of benzene rings is 1. The second-order valence-electron chi connectivity index (χ2n) is 4.34. The second-order valence-corrected chi connectivity index (χ2v) is 5.88. The SMILES string of the molecule is CCC(c1cccc(O)c1C)C(C(N)=O)S(=O)(=O)O. The molecule has 2 atom stereocenters. The second kappa shape index (κ2) is 5.58. The minimum atomic E-state index is -4.61. The molecular formula is C12H17NO5S. The summed E-state index contributed by atoms with van der Waals surface area (Å²) in [5, 5.41) is 7.92. The van der Waals surface area contributed by atoms with Crippen LogP contribution in [0.25, 0.3) is 0 Å². The van der Waals surface area contributed by atoms with Crippen LogP contribution in [-0.2, 0) is 14.9 Å². The quantitative estimate of drug-likeness (QED) is 0.696. The lowest BCUT2D eigenvalue weighted by Crippen LogP contribution is -2.40. The molecule has 0 spiro atoms. The van der Waals surface area contributed by atoms with E-state index in [0.29, 0.717) is 11.1 Å². The molecule has 0 fully saturated rings. The van der Waals surface area contributed by atoms with E-state index in [4.69, 9.17) is 5.73 Å². The minimum absolute atomic E-state index is 0.00509. The lowest BCUT2D eigenvalue weighted by Gasteiger charge is -2.23. The Morgan fingerprint density at radius 2 is 2.00 bits per heavy atom. The van der Waals surface area contributed by atoms with Crippen LogP contribution < -0.4 is 5.73 Å². The van der Waals surface area contributed by atoms with Gasteiger partial charge in [0.25, 0.3) is 10.1 Å². The molecule has 0 heterocycles. The Kier molecular flexibility index (Phi) is 4.54. The smallest absolute Gasteiger partial charge is 0.277 e. The Morgan fingerprint density at radius 1 is 1.42 bits per heavy atom. The van der Waals surface area contributed by atoms with Crippen LogP contribution in [0.1, 0.15) is 30.4 Å². The zero-order valence-electron chi connectivity index (χ0n) is 10.7. The van der Waals surface area contributed by atoms with Crippen molar-refractivity contribution in [2.45, 2.75) is 31.4 Å². The van der Waals surface area contributed by atoms with Crippen LogP contribution in [0.3, 0.4) is 0 Å². The molecule has 4 N–H and O–H groups in total. The van der Waals surface area contributed by atoms with Crippen molar-refractivity contribution in [3.05, 3.63) is 29.3 Å². The number of rotatable bonds is 5. The summed E-state index contributed by atoms with van der Waals surface area (Å²) >= 11 is 0. The van der Waals surface area contributed by atoms with Crippen LogP contribution in [0.4, 0.5) is 0 Å². The molecule has 19 heavy (non-hydrogen) atoms. The van der Waals surface area contributed by atoms with Crippen molar-refractivity contribution in [2.75, 3.05) is 0 Å². The maximum atomic E-state index is 11.3. The molecule has 0 saturated carbocycles. The van der Waals surface area contributed by atoms with Gasteiger partial charge in [-0.1, -0.05) is 19.1 Å². The van der Waals surface area contributed by atoms with Gasteiger partial charge in [-0.05, 0) is 30.5 Å². The maximum Gasteiger partial charge on any atom is 0.277 e. The first-order chi connectivity index (χ1) is 8.70. The molecular weight excluding hydrogens is 270 g/mol. The van der Waals surface area contributed by atoms with Crippen molar-refractivity contribution in [1.82, 2.24) is 0 Å². The molecule has 1 aromatic rings. The highest BCUT2D eigenvalue weighted by Crippen LogP contribution is 2.33. The third-order valence-corrected chi connectivity index (χ3v) is 4.36. The average Bonchev–Trinajstić information content (AvgIpc) is 2.27. The topological polar surface area (TPSA) is 118 Å². The predicted octanol–water partition coefficient (Wildman–Crippen LogP) is 0.936. The number of carbonyl (C=O) groups is 1. The maximum absolute atomic E-state index is 11.3. The van der Waals surface area contributed by atoms with Crippen molar-refractivity contribution in [3.8, 4) is 5.75 Å². The highest BCUT2D eigenvalue weighted by Gasteiger charge is 2.38. The van der Waals surface area contributed by atoms with Gasteiger partial charge >= 0.3 is 0 Å². The predicted molar refractivity (Wildman–Crippen MR) is 70.4 cm³/mol. The zero-order valence-corrected chi connectivity index (χ0v) is 11.5. The molecule has 0 bridgehead atoms. The Labute approximate surface area is 112 Å². The van der Waals surface area contributed by atoms with Gasteiger partial charge in [0.2, 0.25) is 5.91 Å². The van der Waals surface area contributed by atoms with Gasteiger partial charge in [-0.15, -0.1) is 0 Å². The number of hydrogen-bond acceptors (Lipinski definition) is 4. The van der Waals surface area contributed by atoms with Gasteiger partial charge in [0.05, 0.1) is 0 Å². The van der Waals surface area contributed by atoms with E-state index in [1.165, 1.54) is 6.07 Å². The van der Waals surface area contributed by atoms with E-state index in [1.807, 2.05) is 0 Å². The molecule has 106 valence electrons. The van der Waals surface area contributed by atoms with Gasteiger partial charge < -0.3 is 10.8 Å². The number of phenols is 1.